The van der Waals surface area contributed by atoms with Crippen molar-refractivity contribution in [2.45, 2.75) is 84.5 Å². The molecule has 0 radical (unpaired) electrons. The lowest BCUT2D eigenvalue weighted by atomic mass is 9.85. The van der Waals surface area contributed by atoms with Gasteiger partial charge >= 0.3 is 0 Å². The molecule has 1 saturated heterocycles. The third kappa shape index (κ3) is 10.1. The summed E-state index contributed by atoms with van der Waals surface area (Å²) in [5, 5.41) is 19.0. The van der Waals surface area contributed by atoms with Crippen LogP contribution in [-0.4, -0.2) is 83.6 Å². The van der Waals surface area contributed by atoms with E-state index in [9.17, 15) is 24.3 Å². The second kappa shape index (κ2) is 15.9. The zero-order chi connectivity index (χ0) is 31.6. The number of nitrogens with one attached hydrogen (secondary N) is 3. The molecule has 43 heavy (non-hydrogen) atoms. The summed E-state index contributed by atoms with van der Waals surface area (Å²) in [6.07, 6.45) is 1.61. The van der Waals surface area contributed by atoms with Crippen LogP contribution in [0.2, 0.25) is 0 Å². The average molecular weight is 616 g/mol. The molecule has 4 N–H and O–H groups in total. The van der Waals surface area contributed by atoms with E-state index in [1.165, 1.54) is 12.0 Å². The van der Waals surface area contributed by atoms with E-state index >= 15 is 0 Å². The predicted octanol–water partition coefficient (Wildman–Crippen LogP) is 2.55. The number of methoxy groups -OCH3 is 1. The fraction of sp³-hybridized carbons (Fsp3) is 0.581. The van der Waals surface area contributed by atoms with Gasteiger partial charge in [0.05, 0.1) is 22.2 Å². The van der Waals surface area contributed by atoms with Crippen LogP contribution >= 0.6 is 11.3 Å². The number of β-amino-alcohol motifs (C(OH)–C–C–N with tert-alkyl or cyclic N) is 1. The van der Waals surface area contributed by atoms with E-state index < -0.39 is 23.6 Å². The molecule has 1 fully saturated rings. The smallest absolute Gasteiger partial charge is 0.246 e. The molecule has 0 saturated carbocycles. The van der Waals surface area contributed by atoms with Crippen LogP contribution in [0, 0.1) is 12.3 Å². The average Bonchev–Trinajstić information content (AvgIpc) is 3.57. The van der Waals surface area contributed by atoms with Crippen molar-refractivity contribution >= 4 is 35.0 Å². The lowest BCUT2D eigenvalue weighted by Crippen LogP contribution is -2.57. The van der Waals surface area contributed by atoms with Gasteiger partial charge in [-0.2, -0.15) is 0 Å². The van der Waals surface area contributed by atoms with Gasteiger partial charge in [-0.25, -0.2) is 4.98 Å². The highest BCUT2D eigenvalue weighted by atomic mass is 32.1. The van der Waals surface area contributed by atoms with Crippen molar-refractivity contribution in [1.29, 1.82) is 0 Å². The van der Waals surface area contributed by atoms with Crippen LogP contribution in [-0.2, 0) is 30.5 Å². The number of benzene rings is 1. The number of unbranched alkanes of at least 4 members (excludes halogenated alkanes) is 2. The molecule has 1 aliphatic rings. The maximum Gasteiger partial charge on any atom is 0.246 e. The number of aryl methyl sites for hydroxylation is 1. The minimum atomic E-state index is -0.864. The molecule has 2 aromatic rings. The molecule has 3 rings (SSSR count). The molecular formula is C31H45N5O6S. The first kappa shape index (κ1) is 34.1. The van der Waals surface area contributed by atoms with Crippen molar-refractivity contribution in [3.8, 4) is 10.4 Å². The van der Waals surface area contributed by atoms with Crippen LogP contribution < -0.4 is 16.0 Å². The number of likely N-dealkylation sites (tertiary alicyclic amines) is 1. The monoisotopic (exact) mass is 615 g/mol. The summed E-state index contributed by atoms with van der Waals surface area (Å²) in [6.45, 7) is 8.37. The Bertz CT molecular complexity index is 1240. The van der Waals surface area contributed by atoms with Crippen molar-refractivity contribution in [2.24, 2.45) is 5.41 Å². The number of carbonyl (C=O) groups excluding carboxylic acids is 4. The number of rotatable bonds is 14. The number of ether oxygens (including phenoxy) is 1. The molecular weight excluding hydrogens is 570 g/mol. The van der Waals surface area contributed by atoms with Crippen molar-refractivity contribution in [1.82, 2.24) is 25.8 Å². The minimum Gasteiger partial charge on any atom is -0.391 e. The Morgan fingerprint density at radius 2 is 1.81 bits per heavy atom. The Kier molecular flexibility index (Phi) is 12.6. The Balaban J connectivity index is 1.54. The highest BCUT2D eigenvalue weighted by Gasteiger charge is 2.44. The molecule has 236 valence electrons. The molecule has 4 amide bonds. The van der Waals surface area contributed by atoms with E-state index in [1.807, 2.05) is 57.5 Å². The summed E-state index contributed by atoms with van der Waals surface area (Å²) in [5.74, 6) is -1.16. The highest BCUT2D eigenvalue weighted by Crippen LogP contribution is 2.28. The lowest BCUT2D eigenvalue weighted by molar-refractivity contribution is -0.144. The molecule has 1 aliphatic heterocycles. The van der Waals surface area contributed by atoms with Crippen LogP contribution in [0.25, 0.3) is 10.4 Å². The summed E-state index contributed by atoms with van der Waals surface area (Å²) >= 11 is 1.58. The number of hydrogen-bond donors (Lipinski definition) is 4. The first-order chi connectivity index (χ1) is 20.4. The molecule has 2 heterocycles. The summed E-state index contributed by atoms with van der Waals surface area (Å²) in [7, 11) is 1.46. The van der Waals surface area contributed by atoms with Crippen molar-refractivity contribution in [2.75, 3.05) is 26.8 Å². The zero-order valence-electron chi connectivity index (χ0n) is 25.8. The highest BCUT2D eigenvalue weighted by molar-refractivity contribution is 7.13. The fourth-order valence-electron chi connectivity index (χ4n) is 5.01. The van der Waals surface area contributed by atoms with Gasteiger partial charge in [0.15, 0.2) is 0 Å². The van der Waals surface area contributed by atoms with Crippen LogP contribution in [0.5, 0.6) is 0 Å². The van der Waals surface area contributed by atoms with Gasteiger partial charge in [-0.05, 0) is 36.3 Å². The molecule has 0 aliphatic carbocycles. The predicted molar refractivity (Wildman–Crippen MR) is 165 cm³/mol. The first-order valence-corrected chi connectivity index (χ1v) is 15.6. The number of amides is 4. The second-order valence-corrected chi connectivity index (χ2v) is 12.9. The van der Waals surface area contributed by atoms with E-state index in [0.717, 1.165) is 34.5 Å². The largest absolute Gasteiger partial charge is 0.391 e. The number of aromatic nitrogens is 1. The maximum absolute atomic E-state index is 13.7. The summed E-state index contributed by atoms with van der Waals surface area (Å²) in [5.41, 5.74) is 4.14. The number of thiazole rings is 1. The van der Waals surface area contributed by atoms with E-state index in [2.05, 4.69) is 20.9 Å². The van der Waals surface area contributed by atoms with E-state index in [1.54, 1.807) is 11.3 Å². The number of nitrogens with zero attached hydrogens (tertiary/aromatic N) is 2. The fourth-order valence-corrected chi connectivity index (χ4v) is 5.82. The molecule has 0 spiro atoms. The van der Waals surface area contributed by atoms with Crippen LogP contribution in [0.15, 0.2) is 29.8 Å². The van der Waals surface area contributed by atoms with Crippen LogP contribution in [0.4, 0.5) is 0 Å². The Morgan fingerprint density at radius 3 is 2.44 bits per heavy atom. The van der Waals surface area contributed by atoms with Crippen molar-refractivity contribution in [3.63, 3.8) is 0 Å². The topological polar surface area (TPSA) is 150 Å². The van der Waals surface area contributed by atoms with Crippen molar-refractivity contribution < 1.29 is 29.0 Å². The quantitative estimate of drug-likeness (QED) is 0.239. The van der Waals surface area contributed by atoms with Gasteiger partial charge in [0.1, 0.15) is 18.7 Å². The molecule has 0 unspecified atom stereocenters. The maximum atomic E-state index is 13.7. The van der Waals surface area contributed by atoms with Gasteiger partial charge in [0.25, 0.3) is 0 Å². The molecule has 11 nitrogen and oxygen atoms in total. The van der Waals surface area contributed by atoms with E-state index in [4.69, 9.17) is 4.74 Å². The van der Waals surface area contributed by atoms with Gasteiger partial charge in [0, 0.05) is 39.6 Å². The lowest BCUT2D eigenvalue weighted by Gasteiger charge is -2.35. The minimum absolute atomic E-state index is 0.0172. The zero-order valence-corrected chi connectivity index (χ0v) is 26.6. The summed E-state index contributed by atoms with van der Waals surface area (Å²) < 4.78 is 4.77. The number of carbonyl (C=O) groups is 4. The van der Waals surface area contributed by atoms with Crippen LogP contribution in [0.3, 0.4) is 0 Å². The molecule has 0 bridgehead atoms. The molecule has 1 aromatic heterocycles. The second-order valence-electron chi connectivity index (χ2n) is 12.0. The van der Waals surface area contributed by atoms with Gasteiger partial charge < -0.3 is 30.7 Å². The van der Waals surface area contributed by atoms with Gasteiger partial charge in [-0.1, -0.05) is 51.5 Å². The normalized spacial score (nSPS) is 17.4. The molecule has 12 heteroatoms. The van der Waals surface area contributed by atoms with E-state index in [0.29, 0.717) is 13.0 Å². The third-order valence-electron chi connectivity index (χ3n) is 7.39. The number of aliphatic hydroxyl groups is 1. The Morgan fingerprint density at radius 1 is 1.09 bits per heavy atom. The molecule has 1 aromatic carbocycles. The van der Waals surface area contributed by atoms with E-state index in [-0.39, 0.29) is 56.2 Å². The Labute approximate surface area is 257 Å². The van der Waals surface area contributed by atoms with Gasteiger partial charge in [0.2, 0.25) is 23.6 Å². The SMILES string of the molecule is COCC(=O)NCCCCCC(=O)N[C@H](C(=O)N1C[C@H](O)C[C@H]1C(=O)NCc1ccc(-c2scnc2C)cc1)C(C)(C)C. The standard InChI is InChI=1S/C31H45N5O6S/c1-20-27(43-19-34-20)22-12-10-21(11-13-22)16-33-29(40)24-15-23(37)17-36(24)30(41)28(31(2,3)4)35-25(38)9-7-6-8-14-32-26(39)18-42-5/h10-13,19,23-24,28,37H,6-9,14-18H2,1-5H3,(H,32,39)(H,33,40)(H,35,38)/t23-,24+,28-/m1/s1. The van der Waals surface area contributed by atoms with Gasteiger partial charge in [-0.3, -0.25) is 19.2 Å². The summed E-state index contributed by atoms with van der Waals surface area (Å²) in [4.78, 5) is 58.0. The first-order valence-electron chi connectivity index (χ1n) is 14.7. The number of aliphatic hydroxyl groups excluding tert-OH is 1. The van der Waals surface area contributed by atoms with Crippen LogP contribution in [0.1, 0.15) is 64.1 Å². The van der Waals surface area contributed by atoms with Gasteiger partial charge in [-0.15, -0.1) is 11.3 Å². The molecule has 3 atom stereocenters. The summed E-state index contributed by atoms with van der Waals surface area (Å²) in [6, 6.07) is 6.19. The Hall–Kier alpha value is -3.35. The number of hydrogen-bond acceptors (Lipinski definition) is 8. The van der Waals surface area contributed by atoms with Crippen molar-refractivity contribution in [3.05, 3.63) is 41.0 Å². The third-order valence-corrected chi connectivity index (χ3v) is 8.37.